The van der Waals surface area contributed by atoms with E-state index in [-0.39, 0.29) is 36.3 Å². The highest BCUT2D eigenvalue weighted by Crippen LogP contribution is 2.29. The second-order valence-corrected chi connectivity index (χ2v) is 7.84. The summed E-state index contributed by atoms with van der Waals surface area (Å²) >= 11 is 0. The average molecular weight is 453 g/mol. The van der Waals surface area contributed by atoms with Crippen LogP contribution in [-0.2, 0) is 11.3 Å². The molecule has 0 aliphatic rings. The Morgan fingerprint density at radius 1 is 1.12 bits per heavy atom. The van der Waals surface area contributed by atoms with Crippen LogP contribution in [-0.4, -0.2) is 59.4 Å². The molecule has 3 aromatic rings. The van der Waals surface area contributed by atoms with Gasteiger partial charge in [-0.2, -0.15) is 5.10 Å². The molecule has 0 radical (unpaired) electrons. The summed E-state index contributed by atoms with van der Waals surface area (Å²) in [6, 6.07) is 10.6. The van der Waals surface area contributed by atoms with Gasteiger partial charge in [0.25, 0.3) is 0 Å². The van der Waals surface area contributed by atoms with Crippen molar-refractivity contribution in [2.24, 2.45) is 0 Å². The fourth-order valence-corrected chi connectivity index (χ4v) is 3.14. The molecular formula is C24H28N4O5. The van der Waals surface area contributed by atoms with Crippen molar-refractivity contribution in [1.29, 1.82) is 0 Å². The molecular weight excluding hydrogens is 424 g/mol. The number of nitrogens with zero attached hydrogens (tertiary/aromatic N) is 4. The smallest absolute Gasteiger partial charge is 0.488 e. The van der Waals surface area contributed by atoms with E-state index in [1.165, 1.54) is 6.07 Å². The number of aldehydes is 1. The Balaban J connectivity index is 1.76. The van der Waals surface area contributed by atoms with Crippen LogP contribution in [0.25, 0.3) is 11.4 Å². The fraction of sp³-hybridized carbons (Fsp3) is 0.333. The maximum atomic E-state index is 12.0. The molecule has 174 valence electrons. The summed E-state index contributed by atoms with van der Waals surface area (Å²) in [7, 11) is 3.73. The predicted octanol–water partition coefficient (Wildman–Crippen LogP) is 3.99. The van der Waals surface area contributed by atoms with Crippen molar-refractivity contribution in [3.8, 4) is 22.9 Å². The van der Waals surface area contributed by atoms with E-state index >= 15 is 0 Å². The lowest BCUT2D eigenvalue weighted by molar-refractivity contribution is 0.0920. The molecule has 0 bridgehead atoms. The Hall–Kier alpha value is -3.72. The summed E-state index contributed by atoms with van der Waals surface area (Å²) in [6.45, 7) is 4.98. The molecule has 9 heteroatoms. The first-order valence-corrected chi connectivity index (χ1v) is 10.6. The fourth-order valence-electron chi connectivity index (χ4n) is 3.14. The van der Waals surface area contributed by atoms with Crippen LogP contribution in [0.2, 0.25) is 0 Å². The molecule has 0 atom stereocenters. The number of hydrogen-bond donors (Lipinski definition) is 0. The van der Waals surface area contributed by atoms with Gasteiger partial charge in [-0.1, -0.05) is 12.1 Å². The van der Waals surface area contributed by atoms with Gasteiger partial charge in [0.05, 0.1) is 17.0 Å². The maximum Gasteiger partial charge on any atom is 0.513 e. The maximum absolute atomic E-state index is 12.0. The van der Waals surface area contributed by atoms with Crippen molar-refractivity contribution < 1.29 is 23.8 Å². The number of hydrogen-bond acceptors (Lipinski definition) is 8. The van der Waals surface area contributed by atoms with Gasteiger partial charge in [-0.15, -0.1) is 0 Å². The Kier molecular flexibility index (Phi) is 8.15. The van der Waals surface area contributed by atoms with Crippen molar-refractivity contribution in [3.63, 3.8) is 0 Å². The number of pyridine rings is 1. The average Bonchev–Trinajstić information content (AvgIpc) is 3.28. The van der Waals surface area contributed by atoms with E-state index in [2.05, 4.69) is 10.1 Å². The molecule has 2 heterocycles. The quantitative estimate of drug-likeness (QED) is 0.259. The second-order valence-electron chi connectivity index (χ2n) is 7.84. The summed E-state index contributed by atoms with van der Waals surface area (Å²) in [4.78, 5) is 30.1. The minimum absolute atomic E-state index is 0.0710. The molecule has 0 spiro atoms. The molecule has 0 N–H and O–H groups in total. The van der Waals surface area contributed by atoms with E-state index in [1.54, 1.807) is 24.5 Å². The monoisotopic (exact) mass is 452 g/mol. The van der Waals surface area contributed by atoms with Gasteiger partial charge < -0.3 is 19.1 Å². The van der Waals surface area contributed by atoms with Gasteiger partial charge >= 0.3 is 6.16 Å². The van der Waals surface area contributed by atoms with Crippen LogP contribution in [0.5, 0.6) is 11.5 Å². The highest BCUT2D eigenvalue weighted by molar-refractivity contribution is 5.85. The summed E-state index contributed by atoms with van der Waals surface area (Å²) in [6.07, 6.45) is 3.16. The van der Waals surface area contributed by atoms with E-state index in [4.69, 9.17) is 14.2 Å². The highest BCUT2D eigenvalue weighted by atomic mass is 16.7. The van der Waals surface area contributed by atoms with Crippen LogP contribution in [0, 0.1) is 0 Å². The normalized spacial score (nSPS) is 11.0. The van der Waals surface area contributed by atoms with Crippen LogP contribution < -0.4 is 9.47 Å². The van der Waals surface area contributed by atoms with Crippen molar-refractivity contribution in [1.82, 2.24) is 19.7 Å². The summed E-state index contributed by atoms with van der Waals surface area (Å²) in [5, 5.41) is 4.38. The first-order chi connectivity index (χ1) is 15.9. The number of aromatic nitrogens is 3. The number of benzene rings is 1. The van der Waals surface area contributed by atoms with E-state index in [9.17, 15) is 9.59 Å². The third-order valence-electron chi connectivity index (χ3n) is 4.77. The van der Waals surface area contributed by atoms with Gasteiger partial charge in [0.1, 0.15) is 24.7 Å². The van der Waals surface area contributed by atoms with Gasteiger partial charge in [-0.05, 0) is 52.2 Å². The topological polar surface area (TPSA) is 95.8 Å². The lowest BCUT2D eigenvalue weighted by Gasteiger charge is -2.15. The number of likely N-dealkylation sites (N-methyl/N-ethyl adjacent to an activating group) is 1. The van der Waals surface area contributed by atoms with Crippen molar-refractivity contribution in [2.45, 2.75) is 26.5 Å². The summed E-state index contributed by atoms with van der Waals surface area (Å²) in [5.41, 5.74) is 2.57. The standard InChI is InChI=1S/C24H28N4O5/c1-17(2)28-20(10-12-26-28)23-18(7-6-11-25-23)16-32-21-8-5-9-22(19(21)15-29)33-24(30)31-14-13-27(3)4/h5-12,15,17H,13-14,16H2,1-4H3. The first-order valence-electron chi connectivity index (χ1n) is 10.6. The van der Waals surface area contributed by atoms with Crippen LogP contribution in [0.15, 0.2) is 48.8 Å². The van der Waals surface area contributed by atoms with Crippen LogP contribution >= 0.6 is 0 Å². The first kappa shape index (κ1) is 23.9. The van der Waals surface area contributed by atoms with Gasteiger partial charge in [0, 0.05) is 30.5 Å². The zero-order valence-corrected chi connectivity index (χ0v) is 19.2. The largest absolute Gasteiger partial charge is 0.513 e. The number of ether oxygens (including phenoxy) is 3. The molecule has 3 rings (SSSR count). The molecule has 9 nitrogen and oxygen atoms in total. The Labute approximate surface area is 192 Å². The molecule has 0 aliphatic carbocycles. The molecule has 0 unspecified atom stereocenters. The minimum Gasteiger partial charge on any atom is -0.488 e. The molecule has 0 fully saturated rings. The number of carbonyl (C=O) groups excluding carboxylic acids is 2. The van der Waals surface area contributed by atoms with Gasteiger partial charge in [0.15, 0.2) is 6.29 Å². The van der Waals surface area contributed by atoms with Gasteiger partial charge in [0.2, 0.25) is 0 Å². The molecule has 2 aromatic heterocycles. The lowest BCUT2D eigenvalue weighted by atomic mass is 10.1. The Bertz CT molecular complexity index is 1090. The SMILES string of the molecule is CC(C)n1nccc1-c1ncccc1COc1cccc(OC(=O)OCCN(C)C)c1C=O. The lowest BCUT2D eigenvalue weighted by Crippen LogP contribution is -2.21. The molecule has 0 aliphatic heterocycles. The zero-order chi connectivity index (χ0) is 23.8. The molecule has 0 saturated carbocycles. The van der Waals surface area contributed by atoms with Gasteiger partial charge in [-0.25, -0.2) is 4.79 Å². The van der Waals surface area contributed by atoms with Crippen LogP contribution in [0.1, 0.15) is 35.8 Å². The third-order valence-corrected chi connectivity index (χ3v) is 4.77. The van der Waals surface area contributed by atoms with E-state index < -0.39 is 6.16 Å². The number of rotatable bonds is 10. The van der Waals surface area contributed by atoms with Crippen molar-refractivity contribution in [3.05, 3.63) is 59.9 Å². The van der Waals surface area contributed by atoms with E-state index in [0.29, 0.717) is 12.8 Å². The van der Waals surface area contributed by atoms with Crippen LogP contribution in [0.4, 0.5) is 4.79 Å². The summed E-state index contributed by atoms with van der Waals surface area (Å²) in [5.74, 6) is 0.359. The van der Waals surface area contributed by atoms with E-state index in [1.807, 2.05) is 55.7 Å². The molecule has 1 aromatic carbocycles. The third kappa shape index (κ3) is 6.17. The van der Waals surface area contributed by atoms with Crippen LogP contribution in [0.3, 0.4) is 0 Å². The van der Waals surface area contributed by atoms with Crippen molar-refractivity contribution >= 4 is 12.4 Å². The van der Waals surface area contributed by atoms with Crippen molar-refractivity contribution in [2.75, 3.05) is 27.2 Å². The number of carbonyl (C=O) groups is 2. The second kappa shape index (κ2) is 11.2. The molecule has 0 saturated heterocycles. The molecule has 0 amide bonds. The highest BCUT2D eigenvalue weighted by Gasteiger charge is 2.17. The van der Waals surface area contributed by atoms with Gasteiger partial charge in [-0.3, -0.25) is 14.5 Å². The zero-order valence-electron chi connectivity index (χ0n) is 19.2. The Morgan fingerprint density at radius 2 is 1.91 bits per heavy atom. The van der Waals surface area contributed by atoms with E-state index in [0.717, 1.165) is 17.0 Å². The Morgan fingerprint density at radius 3 is 2.64 bits per heavy atom. The molecule has 33 heavy (non-hydrogen) atoms. The predicted molar refractivity (Wildman–Crippen MR) is 123 cm³/mol. The summed E-state index contributed by atoms with van der Waals surface area (Å²) < 4.78 is 18.1. The minimum atomic E-state index is -0.881.